The van der Waals surface area contributed by atoms with Crippen LogP contribution >= 0.6 is 22.6 Å². The first-order chi connectivity index (χ1) is 20.2. The third kappa shape index (κ3) is 8.82. The molecule has 3 rings (SSSR count). The van der Waals surface area contributed by atoms with Crippen molar-refractivity contribution in [1.82, 2.24) is 0 Å². The molecule has 3 nitrogen and oxygen atoms in total. The first kappa shape index (κ1) is 36.4. The van der Waals surface area contributed by atoms with E-state index in [-0.39, 0.29) is 10.5 Å². The molecular weight excluding hydrogens is 675 g/mol. The van der Waals surface area contributed by atoms with Gasteiger partial charge in [0.1, 0.15) is 0 Å². The zero-order valence-corrected chi connectivity index (χ0v) is 32.4. The van der Waals surface area contributed by atoms with E-state index in [0.29, 0.717) is 24.5 Å². The van der Waals surface area contributed by atoms with Crippen LogP contribution in [0.4, 0.5) is 0 Å². The maximum absolute atomic E-state index is 10.9. The molecule has 0 saturated heterocycles. The molecule has 2 aromatic carbocycles. The molecular formula is C37H57IO3Si2. The molecule has 2 aromatic rings. The third-order valence-corrected chi connectivity index (χ3v) is 20.6. The zero-order valence-electron chi connectivity index (χ0n) is 28.3. The van der Waals surface area contributed by atoms with Crippen molar-refractivity contribution in [1.29, 1.82) is 0 Å². The van der Waals surface area contributed by atoms with Crippen molar-refractivity contribution in [3.05, 3.63) is 84.0 Å². The highest BCUT2D eigenvalue weighted by molar-refractivity contribution is 14.1. The fourth-order valence-corrected chi connectivity index (χ4v) is 15.0. The monoisotopic (exact) mass is 732 g/mol. The zero-order chi connectivity index (χ0) is 31.9. The Balaban J connectivity index is 1.79. The van der Waals surface area contributed by atoms with E-state index in [1.54, 1.807) is 0 Å². The Morgan fingerprint density at radius 3 is 2.05 bits per heavy atom. The quantitative estimate of drug-likeness (QED) is 0.0913. The average Bonchev–Trinajstić information content (AvgIpc) is 3.30. The van der Waals surface area contributed by atoms with E-state index in [1.807, 2.05) is 6.08 Å². The van der Waals surface area contributed by atoms with Gasteiger partial charge in [0.15, 0.2) is 8.32 Å². The van der Waals surface area contributed by atoms with Gasteiger partial charge in [0, 0.05) is 11.0 Å². The van der Waals surface area contributed by atoms with E-state index in [4.69, 9.17) is 8.85 Å². The van der Waals surface area contributed by atoms with Crippen molar-refractivity contribution >= 4 is 49.6 Å². The standard InChI is InChI=1S/C37H57IO3Si2/c1-10-40-43(32-17-13-11-14-18-32,33-19-15-12-16-20-33)35-22-24-37(7,34(35)27-38)23-21-29(2)25-31(39)26-30(3)28-41-42(8,9)36(4,5)6/h11-21,26,31,34-35,39H,10,22-25,27-28H2,1-9H3/b29-21+,30-26+/t31?,34-,35+,37?/m0/s1. The van der Waals surface area contributed by atoms with Gasteiger partial charge in [-0.05, 0) is 91.8 Å². The summed E-state index contributed by atoms with van der Waals surface area (Å²) in [5.41, 5.74) is 3.07. The molecule has 0 amide bonds. The van der Waals surface area contributed by atoms with Gasteiger partial charge in [-0.3, -0.25) is 0 Å². The second-order valence-electron chi connectivity index (χ2n) is 14.5. The second-order valence-corrected chi connectivity index (χ2v) is 23.9. The molecule has 0 heterocycles. The molecule has 0 spiro atoms. The Kier molecular flexibility index (Phi) is 13.1. The van der Waals surface area contributed by atoms with E-state index in [2.05, 4.69) is 151 Å². The minimum atomic E-state index is -2.50. The van der Waals surface area contributed by atoms with Crippen LogP contribution in [0.15, 0.2) is 84.0 Å². The van der Waals surface area contributed by atoms with Gasteiger partial charge in [0.05, 0.1) is 12.7 Å². The minimum Gasteiger partial charge on any atom is -0.413 e. The third-order valence-electron chi connectivity index (χ3n) is 10.3. The molecule has 6 heteroatoms. The van der Waals surface area contributed by atoms with Crippen LogP contribution in [-0.2, 0) is 8.85 Å². The summed E-state index contributed by atoms with van der Waals surface area (Å²) in [6.45, 7) is 21.6. The van der Waals surface area contributed by atoms with Crippen molar-refractivity contribution in [3.63, 3.8) is 0 Å². The van der Waals surface area contributed by atoms with Crippen LogP contribution in [0.25, 0.3) is 0 Å². The summed E-state index contributed by atoms with van der Waals surface area (Å²) in [5, 5.41) is 13.9. The fourth-order valence-electron chi connectivity index (χ4n) is 6.63. The number of aliphatic hydroxyl groups excluding tert-OH is 1. The van der Waals surface area contributed by atoms with Crippen LogP contribution < -0.4 is 10.4 Å². The molecule has 1 aliphatic carbocycles. The van der Waals surface area contributed by atoms with Gasteiger partial charge in [0.2, 0.25) is 0 Å². The lowest BCUT2D eigenvalue weighted by atomic mass is 9.77. The van der Waals surface area contributed by atoms with Crippen molar-refractivity contribution in [3.8, 4) is 0 Å². The molecule has 4 atom stereocenters. The molecule has 1 fully saturated rings. The second kappa shape index (κ2) is 15.5. The number of allylic oxidation sites excluding steroid dienone is 1. The van der Waals surface area contributed by atoms with Crippen LogP contribution in [0.3, 0.4) is 0 Å². The number of alkyl halides is 1. The highest BCUT2D eigenvalue weighted by atomic mass is 127. The summed E-state index contributed by atoms with van der Waals surface area (Å²) in [6, 6.07) is 22.2. The maximum atomic E-state index is 10.9. The Morgan fingerprint density at radius 1 is 1.00 bits per heavy atom. The lowest BCUT2D eigenvalue weighted by Crippen LogP contribution is -2.65. The number of aliphatic hydroxyl groups is 1. The SMILES string of the molecule is CCO[Si](c1ccccc1)(c1ccccc1)[C@@H]1CCC(C)(C/C=C(\C)CC(O)/C=C(\C)CO[Si](C)(C)C(C)(C)C)[C@H]1CI. The number of hydrogen-bond acceptors (Lipinski definition) is 3. The number of rotatable bonds is 14. The van der Waals surface area contributed by atoms with Crippen molar-refractivity contribution in [2.75, 3.05) is 17.6 Å². The largest absolute Gasteiger partial charge is 0.413 e. The molecule has 0 aromatic heterocycles. The Morgan fingerprint density at radius 2 is 1.56 bits per heavy atom. The van der Waals surface area contributed by atoms with Gasteiger partial charge in [0.25, 0.3) is 8.32 Å². The van der Waals surface area contributed by atoms with E-state index in [1.165, 1.54) is 28.8 Å². The summed E-state index contributed by atoms with van der Waals surface area (Å²) < 4.78 is 14.5. The molecule has 1 aliphatic rings. The van der Waals surface area contributed by atoms with E-state index >= 15 is 0 Å². The van der Waals surface area contributed by atoms with Gasteiger partial charge in [-0.15, -0.1) is 0 Å². The molecule has 43 heavy (non-hydrogen) atoms. The average molecular weight is 733 g/mol. The van der Waals surface area contributed by atoms with E-state index in [0.717, 1.165) is 23.0 Å². The molecule has 1 N–H and O–H groups in total. The van der Waals surface area contributed by atoms with E-state index in [9.17, 15) is 5.11 Å². The van der Waals surface area contributed by atoms with Gasteiger partial charge in [-0.2, -0.15) is 0 Å². The molecule has 0 bridgehead atoms. The molecule has 1 saturated carbocycles. The Hall–Kier alpha value is -1.04. The molecule has 2 unspecified atom stereocenters. The summed E-state index contributed by atoms with van der Waals surface area (Å²) in [6.07, 6.45) is 8.00. The van der Waals surface area contributed by atoms with Gasteiger partial charge in [-0.25, -0.2) is 0 Å². The lowest BCUT2D eigenvalue weighted by Gasteiger charge is -2.42. The lowest BCUT2D eigenvalue weighted by molar-refractivity contribution is 0.219. The number of halogens is 1. The normalized spacial score (nSPS) is 23.0. The first-order valence-electron chi connectivity index (χ1n) is 16.2. The van der Waals surface area contributed by atoms with Crippen molar-refractivity contribution in [2.45, 2.75) is 104 Å². The highest BCUT2D eigenvalue weighted by Crippen LogP contribution is 2.56. The maximum Gasteiger partial charge on any atom is 0.259 e. The van der Waals surface area contributed by atoms with Crippen molar-refractivity contribution in [2.24, 2.45) is 11.3 Å². The Bertz CT molecular complexity index is 1170. The predicted molar refractivity (Wildman–Crippen MR) is 199 cm³/mol. The molecule has 0 aliphatic heterocycles. The number of benzene rings is 2. The van der Waals surface area contributed by atoms with Crippen LogP contribution in [0.1, 0.15) is 74.1 Å². The minimum absolute atomic E-state index is 0.184. The van der Waals surface area contributed by atoms with Crippen LogP contribution in [0.2, 0.25) is 23.7 Å². The van der Waals surface area contributed by atoms with E-state index < -0.39 is 22.7 Å². The molecule has 238 valence electrons. The first-order valence-corrected chi connectivity index (χ1v) is 22.6. The summed E-state index contributed by atoms with van der Waals surface area (Å²) in [5.74, 6) is 0.551. The summed E-state index contributed by atoms with van der Waals surface area (Å²) in [7, 11) is -4.31. The van der Waals surface area contributed by atoms with Gasteiger partial charge >= 0.3 is 0 Å². The van der Waals surface area contributed by atoms with Gasteiger partial charge < -0.3 is 14.0 Å². The topological polar surface area (TPSA) is 38.7 Å². The van der Waals surface area contributed by atoms with Crippen LogP contribution in [0.5, 0.6) is 0 Å². The smallest absolute Gasteiger partial charge is 0.259 e. The summed E-state index contributed by atoms with van der Waals surface area (Å²) >= 11 is 2.63. The number of hydrogen-bond donors (Lipinski definition) is 1. The highest BCUT2D eigenvalue weighted by Gasteiger charge is 2.57. The van der Waals surface area contributed by atoms with Gasteiger partial charge in [-0.1, -0.05) is 134 Å². The Labute approximate surface area is 279 Å². The van der Waals surface area contributed by atoms with Crippen LogP contribution in [-0.4, -0.2) is 45.5 Å². The predicted octanol–water partition coefficient (Wildman–Crippen LogP) is 9.06. The summed E-state index contributed by atoms with van der Waals surface area (Å²) in [4.78, 5) is 0. The fraction of sp³-hybridized carbons (Fsp3) is 0.568. The molecule has 0 radical (unpaired) electrons. The van der Waals surface area contributed by atoms with Crippen molar-refractivity contribution < 1.29 is 14.0 Å². The van der Waals surface area contributed by atoms with Crippen LogP contribution in [0, 0.1) is 11.3 Å².